The largest absolute Gasteiger partial charge is 0.481 e. The highest BCUT2D eigenvalue weighted by Crippen LogP contribution is 2.19. The van der Waals surface area contributed by atoms with Gasteiger partial charge in [-0.15, -0.1) is 0 Å². The summed E-state index contributed by atoms with van der Waals surface area (Å²) in [7, 11) is 1.46. The predicted molar refractivity (Wildman–Crippen MR) is 77.5 cm³/mol. The van der Waals surface area contributed by atoms with Gasteiger partial charge in [0.05, 0.1) is 4.90 Å². The number of carbonyl (C=O) groups excluding carboxylic acids is 1. The van der Waals surface area contributed by atoms with Gasteiger partial charge in [-0.25, -0.2) is 8.42 Å². The molecule has 0 fully saturated rings. The molecule has 0 saturated heterocycles. The molecule has 1 aromatic rings. The fraction of sp³-hybridized carbons (Fsp3) is 0.462. The van der Waals surface area contributed by atoms with E-state index in [9.17, 15) is 13.2 Å². The standard InChI is InChI=1S/C13H18ClNO4S/c1-3-4-9-15-13(16)10(2)19-11-5-7-12(8-6-11)20(14,17)18/h5-8,10H,3-4,9H2,1-2H3,(H,15,16). The number of rotatable bonds is 7. The molecule has 5 nitrogen and oxygen atoms in total. The van der Waals surface area contributed by atoms with Crippen LogP contribution in [-0.4, -0.2) is 27.0 Å². The van der Waals surface area contributed by atoms with E-state index >= 15 is 0 Å². The van der Waals surface area contributed by atoms with Gasteiger partial charge in [-0.3, -0.25) is 4.79 Å². The third-order valence-electron chi connectivity index (χ3n) is 2.62. The van der Waals surface area contributed by atoms with Gasteiger partial charge in [0, 0.05) is 17.2 Å². The Hall–Kier alpha value is -1.27. The summed E-state index contributed by atoms with van der Waals surface area (Å²) in [5.74, 6) is 0.208. The summed E-state index contributed by atoms with van der Waals surface area (Å²) in [5, 5.41) is 2.76. The summed E-state index contributed by atoms with van der Waals surface area (Å²) in [4.78, 5) is 11.7. The summed E-state index contributed by atoms with van der Waals surface area (Å²) in [5.41, 5.74) is 0. The maximum Gasteiger partial charge on any atom is 0.261 e. The van der Waals surface area contributed by atoms with Crippen LogP contribution in [0.15, 0.2) is 29.2 Å². The zero-order valence-electron chi connectivity index (χ0n) is 11.4. The molecule has 0 bridgehead atoms. The molecule has 1 N–H and O–H groups in total. The van der Waals surface area contributed by atoms with E-state index in [2.05, 4.69) is 5.32 Å². The summed E-state index contributed by atoms with van der Waals surface area (Å²) in [6.45, 7) is 4.29. The zero-order valence-corrected chi connectivity index (χ0v) is 13.0. The monoisotopic (exact) mass is 319 g/mol. The van der Waals surface area contributed by atoms with E-state index in [1.165, 1.54) is 24.3 Å². The van der Waals surface area contributed by atoms with Crippen molar-refractivity contribution in [2.24, 2.45) is 0 Å². The van der Waals surface area contributed by atoms with Gasteiger partial charge in [0.25, 0.3) is 15.0 Å². The van der Waals surface area contributed by atoms with Gasteiger partial charge in [0.1, 0.15) is 5.75 Å². The average Bonchev–Trinajstić information content (AvgIpc) is 2.38. The lowest BCUT2D eigenvalue weighted by molar-refractivity contribution is -0.127. The fourth-order valence-corrected chi connectivity index (χ4v) is 2.24. The van der Waals surface area contributed by atoms with Crippen molar-refractivity contribution >= 4 is 25.6 Å². The van der Waals surface area contributed by atoms with Crippen LogP contribution in [0.5, 0.6) is 5.75 Å². The van der Waals surface area contributed by atoms with Crippen molar-refractivity contribution in [3.8, 4) is 5.75 Å². The minimum absolute atomic E-state index is 0.00781. The van der Waals surface area contributed by atoms with E-state index in [1.807, 2.05) is 6.92 Å². The molecule has 1 atom stereocenters. The number of ether oxygens (including phenoxy) is 1. The Balaban J connectivity index is 2.58. The lowest BCUT2D eigenvalue weighted by atomic mass is 10.3. The summed E-state index contributed by atoms with van der Waals surface area (Å²) >= 11 is 0. The molecule has 1 rings (SSSR count). The van der Waals surface area contributed by atoms with Gasteiger partial charge in [0.2, 0.25) is 0 Å². The molecule has 20 heavy (non-hydrogen) atoms. The second-order valence-corrected chi connectivity index (χ2v) is 6.88. The number of nitrogens with one attached hydrogen (secondary N) is 1. The molecule has 0 spiro atoms. The number of hydrogen-bond acceptors (Lipinski definition) is 4. The SMILES string of the molecule is CCCCNC(=O)C(C)Oc1ccc(S(=O)(=O)Cl)cc1. The van der Waals surface area contributed by atoms with Crippen LogP contribution in [-0.2, 0) is 13.8 Å². The van der Waals surface area contributed by atoms with Crippen LogP contribution in [0.3, 0.4) is 0 Å². The Morgan fingerprint density at radius 1 is 1.35 bits per heavy atom. The third kappa shape index (κ3) is 5.38. The number of benzene rings is 1. The van der Waals surface area contributed by atoms with Gasteiger partial charge < -0.3 is 10.1 Å². The minimum Gasteiger partial charge on any atom is -0.481 e. The number of halogens is 1. The molecular formula is C13H18ClNO4S. The van der Waals surface area contributed by atoms with E-state index in [1.54, 1.807) is 6.92 Å². The third-order valence-corrected chi connectivity index (χ3v) is 3.99. The molecule has 1 amide bonds. The van der Waals surface area contributed by atoms with Gasteiger partial charge in [-0.05, 0) is 37.6 Å². The molecular weight excluding hydrogens is 302 g/mol. The number of unbranched alkanes of at least 4 members (excludes halogenated alkanes) is 1. The van der Waals surface area contributed by atoms with Crippen LogP contribution < -0.4 is 10.1 Å². The Labute approximate surface area is 123 Å². The lowest BCUT2D eigenvalue weighted by Gasteiger charge is -2.14. The molecule has 0 radical (unpaired) electrons. The topological polar surface area (TPSA) is 72.5 Å². The summed E-state index contributed by atoms with van der Waals surface area (Å²) < 4.78 is 27.6. The van der Waals surface area contributed by atoms with Crippen molar-refractivity contribution in [1.29, 1.82) is 0 Å². The van der Waals surface area contributed by atoms with E-state index in [4.69, 9.17) is 15.4 Å². The highest BCUT2D eigenvalue weighted by molar-refractivity contribution is 8.13. The van der Waals surface area contributed by atoms with Crippen LogP contribution in [0.4, 0.5) is 0 Å². The molecule has 0 aliphatic heterocycles. The molecule has 0 aliphatic carbocycles. The van der Waals surface area contributed by atoms with Crippen molar-refractivity contribution < 1.29 is 17.9 Å². The van der Waals surface area contributed by atoms with Crippen molar-refractivity contribution in [2.45, 2.75) is 37.7 Å². The number of hydrogen-bond donors (Lipinski definition) is 1. The van der Waals surface area contributed by atoms with E-state index in [-0.39, 0.29) is 10.8 Å². The summed E-state index contributed by atoms with van der Waals surface area (Å²) in [6.07, 6.45) is 1.27. The number of carbonyl (C=O) groups is 1. The van der Waals surface area contributed by atoms with Crippen LogP contribution in [0, 0.1) is 0 Å². The molecule has 0 saturated carbocycles. The normalized spacial score (nSPS) is 12.8. The Bertz CT molecular complexity index is 542. The van der Waals surface area contributed by atoms with Crippen molar-refractivity contribution in [1.82, 2.24) is 5.32 Å². The first-order chi connectivity index (χ1) is 9.34. The van der Waals surface area contributed by atoms with E-state index in [0.29, 0.717) is 12.3 Å². The highest BCUT2D eigenvalue weighted by atomic mass is 35.7. The Morgan fingerprint density at radius 3 is 2.45 bits per heavy atom. The summed E-state index contributed by atoms with van der Waals surface area (Å²) in [6, 6.07) is 5.59. The van der Waals surface area contributed by atoms with Crippen molar-refractivity contribution in [3.63, 3.8) is 0 Å². The Morgan fingerprint density at radius 2 is 1.95 bits per heavy atom. The van der Waals surface area contributed by atoms with Crippen molar-refractivity contribution in [2.75, 3.05) is 6.54 Å². The molecule has 7 heteroatoms. The molecule has 0 aliphatic rings. The first kappa shape index (κ1) is 16.8. The predicted octanol–water partition coefficient (Wildman–Crippen LogP) is 2.30. The quantitative estimate of drug-likeness (QED) is 0.618. The molecule has 0 aromatic heterocycles. The number of amides is 1. The van der Waals surface area contributed by atoms with E-state index in [0.717, 1.165) is 12.8 Å². The van der Waals surface area contributed by atoms with Gasteiger partial charge in [0.15, 0.2) is 6.10 Å². The highest BCUT2D eigenvalue weighted by Gasteiger charge is 2.15. The second kappa shape index (κ2) is 7.50. The maximum absolute atomic E-state index is 11.7. The van der Waals surface area contributed by atoms with Gasteiger partial charge >= 0.3 is 0 Å². The first-order valence-corrected chi connectivity index (χ1v) is 8.64. The Kier molecular flexibility index (Phi) is 6.29. The average molecular weight is 320 g/mol. The lowest BCUT2D eigenvalue weighted by Crippen LogP contribution is -2.36. The molecule has 112 valence electrons. The van der Waals surface area contributed by atoms with Crippen LogP contribution in [0.1, 0.15) is 26.7 Å². The second-order valence-electron chi connectivity index (χ2n) is 4.31. The van der Waals surface area contributed by atoms with Crippen molar-refractivity contribution in [3.05, 3.63) is 24.3 Å². The molecule has 1 aromatic carbocycles. The first-order valence-electron chi connectivity index (χ1n) is 6.33. The van der Waals surface area contributed by atoms with Crippen LogP contribution >= 0.6 is 10.7 Å². The fourth-order valence-electron chi connectivity index (χ4n) is 1.47. The molecule has 0 heterocycles. The zero-order chi connectivity index (χ0) is 15.2. The smallest absolute Gasteiger partial charge is 0.261 e. The molecule has 1 unspecified atom stereocenters. The van der Waals surface area contributed by atoms with Crippen LogP contribution in [0.2, 0.25) is 0 Å². The van der Waals surface area contributed by atoms with E-state index < -0.39 is 15.2 Å². The van der Waals surface area contributed by atoms with Gasteiger partial charge in [-0.2, -0.15) is 0 Å². The van der Waals surface area contributed by atoms with Crippen LogP contribution in [0.25, 0.3) is 0 Å². The maximum atomic E-state index is 11.7. The van der Waals surface area contributed by atoms with Gasteiger partial charge in [-0.1, -0.05) is 13.3 Å². The minimum atomic E-state index is -3.74.